The summed E-state index contributed by atoms with van der Waals surface area (Å²) < 4.78 is 19.4. The molecule has 0 aromatic heterocycles. The van der Waals surface area contributed by atoms with Crippen molar-refractivity contribution in [1.82, 2.24) is 0 Å². The van der Waals surface area contributed by atoms with Gasteiger partial charge in [0.2, 0.25) is 0 Å². The number of hydrogen-bond acceptors (Lipinski definition) is 4. The van der Waals surface area contributed by atoms with E-state index in [2.05, 4.69) is 12.6 Å². The second-order valence-electron chi connectivity index (χ2n) is 5.48. The summed E-state index contributed by atoms with van der Waals surface area (Å²) in [6, 6.07) is 2.32. The maximum atomic E-state index is 13.8. The number of nitro groups is 1. The third kappa shape index (κ3) is 3.06. The van der Waals surface area contributed by atoms with Gasteiger partial charge in [-0.15, -0.1) is 0 Å². The van der Waals surface area contributed by atoms with Gasteiger partial charge in [-0.1, -0.05) is 12.8 Å². The molecule has 0 unspecified atom stereocenters. The molecule has 0 radical (unpaired) electrons. The van der Waals surface area contributed by atoms with Gasteiger partial charge >= 0.3 is 0 Å². The van der Waals surface area contributed by atoms with E-state index in [-0.39, 0.29) is 16.9 Å². The lowest BCUT2D eigenvalue weighted by molar-refractivity contribution is -0.385. The Balaban J connectivity index is 2.14. The first-order valence-corrected chi connectivity index (χ1v) is 7.29. The van der Waals surface area contributed by atoms with Crippen LogP contribution in [0.5, 0.6) is 5.75 Å². The Labute approximate surface area is 122 Å². The first-order chi connectivity index (χ1) is 9.47. The highest BCUT2D eigenvalue weighted by Gasteiger charge is 2.33. The molecule has 0 N–H and O–H groups in total. The van der Waals surface area contributed by atoms with Gasteiger partial charge in [-0.3, -0.25) is 10.1 Å². The molecule has 0 bridgehead atoms. The number of ether oxygens (including phenoxy) is 1. The molecule has 0 spiro atoms. The quantitative estimate of drug-likeness (QED) is 0.509. The normalized spacial score (nSPS) is 17.1. The lowest BCUT2D eigenvalue weighted by Crippen LogP contribution is -2.27. The van der Waals surface area contributed by atoms with Crippen molar-refractivity contribution in [3.05, 3.63) is 33.6 Å². The van der Waals surface area contributed by atoms with Crippen LogP contribution in [-0.2, 0) is 0 Å². The van der Waals surface area contributed by atoms with Crippen LogP contribution in [-0.4, -0.2) is 17.3 Å². The van der Waals surface area contributed by atoms with Gasteiger partial charge in [-0.05, 0) is 31.6 Å². The van der Waals surface area contributed by atoms with Gasteiger partial charge in [0.15, 0.2) is 11.6 Å². The molecule has 4 nitrogen and oxygen atoms in total. The second-order valence-corrected chi connectivity index (χ2v) is 5.80. The zero-order chi connectivity index (χ0) is 14.8. The standard InChI is InChI=1S/C14H18FNO3S/c1-10-6-13(11(15)7-12(10)16(17)18)19-8-14(9-20)4-2-3-5-14/h6-7,20H,2-5,8-9H2,1H3. The molecule has 2 rings (SSSR count). The van der Waals surface area contributed by atoms with Crippen LogP contribution in [0.15, 0.2) is 12.1 Å². The van der Waals surface area contributed by atoms with Gasteiger partial charge in [0, 0.05) is 11.0 Å². The summed E-state index contributed by atoms with van der Waals surface area (Å²) in [5.74, 6) is 0.108. The Hall–Kier alpha value is -1.30. The van der Waals surface area contributed by atoms with E-state index in [4.69, 9.17) is 4.74 Å². The summed E-state index contributed by atoms with van der Waals surface area (Å²) in [5, 5.41) is 10.7. The number of aryl methyl sites for hydroxylation is 1. The summed E-state index contributed by atoms with van der Waals surface area (Å²) in [7, 11) is 0. The first kappa shape index (κ1) is 15.1. The monoisotopic (exact) mass is 299 g/mol. The number of rotatable bonds is 5. The number of nitrogens with zero attached hydrogens (tertiary/aromatic N) is 1. The van der Waals surface area contributed by atoms with Crippen molar-refractivity contribution in [2.75, 3.05) is 12.4 Å². The lowest BCUT2D eigenvalue weighted by Gasteiger charge is -2.26. The average molecular weight is 299 g/mol. The number of thiol groups is 1. The van der Waals surface area contributed by atoms with Crippen molar-refractivity contribution in [3.8, 4) is 5.75 Å². The maximum Gasteiger partial charge on any atom is 0.275 e. The van der Waals surface area contributed by atoms with E-state index in [1.807, 2.05) is 0 Å². The fraction of sp³-hybridized carbons (Fsp3) is 0.571. The molecule has 1 saturated carbocycles. The number of hydrogen-bond donors (Lipinski definition) is 1. The van der Waals surface area contributed by atoms with Crippen LogP contribution in [0, 0.1) is 28.3 Å². The van der Waals surface area contributed by atoms with E-state index in [9.17, 15) is 14.5 Å². The summed E-state index contributed by atoms with van der Waals surface area (Å²) in [4.78, 5) is 10.1. The molecule has 1 aliphatic rings. The molecular weight excluding hydrogens is 281 g/mol. The summed E-state index contributed by atoms with van der Waals surface area (Å²) >= 11 is 4.37. The highest BCUT2D eigenvalue weighted by Crippen LogP contribution is 2.40. The topological polar surface area (TPSA) is 52.4 Å². The van der Waals surface area contributed by atoms with Crippen LogP contribution in [0.1, 0.15) is 31.2 Å². The largest absolute Gasteiger partial charge is 0.490 e. The predicted molar refractivity (Wildman–Crippen MR) is 78.0 cm³/mol. The highest BCUT2D eigenvalue weighted by molar-refractivity contribution is 7.80. The van der Waals surface area contributed by atoms with Crippen molar-refractivity contribution in [1.29, 1.82) is 0 Å². The van der Waals surface area contributed by atoms with Crippen LogP contribution in [0.4, 0.5) is 10.1 Å². The Kier molecular flexibility index (Phi) is 4.52. The van der Waals surface area contributed by atoms with E-state index in [1.165, 1.54) is 6.07 Å². The van der Waals surface area contributed by atoms with Crippen LogP contribution < -0.4 is 4.74 Å². The van der Waals surface area contributed by atoms with Gasteiger partial charge in [-0.2, -0.15) is 12.6 Å². The molecular formula is C14H18FNO3S. The molecule has 0 aliphatic heterocycles. The molecule has 6 heteroatoms. The molecule has 110 valence electrons. The van der Waals surface area contributed by atoms with Crippen molar-refractivity contribution in [2.24, 2.45) is 5.41 Å². The molecule has 20 heavy (non-hydrogen) atoms. The molecule has 1 fully saturated rings. The van der Waals surface area contributed by atoms with Crippen molar-refractivity contribution >= 4 is 18.3 Å². The molecule has 1 aromatic carbocycles. The fourth-order valence-corrected chi connectivity index (χ4v) is 3.06. The number of nitro benzene ring substituents is 1. The molecule has 1 aliphatic carbocycles. The Morgan fingerprint density at radius 2 is 2.10 bits per heavy atom. The van der Waals surface area contributed by atoms with Crippen LogP contribution in [0.25, 0.3) is 0 Å². The van der Waals surface area contributed by atoms with Crippen molar-refractivity contribution < 1.29 is 14.1 Å². The lowest BCUT2D eigenvalue weighted by atomic mass is 9.90. The summed E-state index contributed by atoms with van der Waals surface area (Å²) in [6.45, 7) is 1.99. The fourth-order valence-electron chi connectivity index (χ4n) is 2.66. The second kappa shape index (κ2) is 5.99. The van der Waals surface area contributed by atoms with Gasteiger partial charge in [0.25, 0.3) is 5.69 Å². The summed E-state index contributed by atoms with van der Waals surface area (Å²) in [6.07, 6.45) is 4.35. The van der Waals surface area contributed by atoms with Gasteiger partial charge in [-0.25, -0.2) is 4.39 Å². The average Bonchev–Trinajstić information content (AvgIpc) is 2.88. The minimum atomic E-state index is -0.686. The van der Waals surface area contributed by atoms with E-state index in [1.54, 1.807) is 6.92 Å². The first-order valence-electron chi connectivity index (χ1n) is 6.66. The third-order valence-electron chi connectivity index (χ3n) is 3.98. The molecule has 0 heterocycles. The third-order valence-corrected chi connectivity index (χ3v) is 4.65. The summed E-state index contributed by atoms with van der Waals surface area (Å²) in [5.41, 5.74) is 0.183. The zero-order valence-electron chi connectivity index (χ0n) is 11.4. The van der Waals surface area contributed by atoms with Crippen molar-refractivity contribution in [3.63, 3.8) is 0 Å². The predicted octanol–water partition coefficient (Wildman–Crippen LogP) is 3.91. The van der Waals surface area contributed by atoms with Crippen molar-refractivity contribution in [2.45, 2.75) is 32.6 Å². The van der Waals surface area contributed by atoms with Gasteiger partial charge < -0.3 is 4.74 Å². The molecule has 0 amide bonds. The number of halogens is 1. The minimum Gasteiger partial charge on any atom is -0.490 e. The Morgan fingerprint density at radius 1 is 1.45 bits per heavy atom. The van der Waals surface area contributed by atoms with Crippen LogP contribution in [0.3, 0.4) is 0 Å². The van der Waals surface area contributed by atoms with E-state index < -0.39 is 10.7 Å². The van der Waals surface area contributed by atoms with Crippen LogP contribution >= 0.6 is 12.6 Å². The molecule has 0 atom stereocenters. The zero-order valence-corrected chi connectivity index (χ0v) is 12.3. The van der Waals surface area contributed by atoms with Crippen LogP contribution in [0.2, 0.25) is 0 Å². The van der Waals surface area contributed by atoms with E-state index in [0.29, 0.717) is 17.9 Å². The SMILES string of the molecule is Cc1cc(OCC2(CS)CCCC2)c(F)cc1[N+](=O)[O-]. The van der Waals surface area contributed by atoms with E-state index in [0.717, 1.165) is 31.7 Å². The minimum absolute atomic E-state index is 0.00519. The molecule has 1 aromatic rings. The van der Waals surface area contributed by atoms with E-state index >= 15 is 0 Å². The van der Waals surface area contributed by atoms with Gasteiger partial charge in [0.05, 0.1) is 17.6 Å². The Morgan fingerprint density at radius 3 is 2.65 bits per heavy atom. The maximum absolute atomic E-state index is 13.8. The number of benzene rings is 1. The molecule has 0 saturated heterocycles. The Bertz CT molecular complexity index is 515. The van der Waals surface area contributed by atoms with Gasteiger partial charge in [0.1, 0.15) is 0 Å². The highest BCUT2D eigenvalue weighted by atomic mass is 32.1. The smallest absolute Gasteiger partial charge is 0.275 e.